The molecular weight excluding hydrogens is 243 g/mol. The van der Waals surface area contributed by atoms with Gasteiger partial charge in [0, 0.05) is 13.1 Å². The van der Waals surface area contributed by atoms with Crippen LogP contribution in [0.25, 0.3) is 0 Å². The van der Waals surface area contributed by atoms with Gasteiger partial charge in [-0.25, -0.2) is 17.5 Å². The van der Waals surface area contributed by atoms with Gasteiger partial charge < -0.3 is 5.73 Å². The molecule has 0 aromatic heterocycles. The van der Waals surface area contributed by atoms with Gasteiger partial charge in [-0.2, -0.15) is 0 Å². The Morgan fingerprint density at radius 2 is 2.13 bits per heavy atom. The van der Waals surface area contributed by atoms with Crippen LogP contribution in [0.2, 0.25) is 5.02 Å². The van der Waals surface area contributed by atoms with Crippen molar-refractivity contribution >= 4 is 21.6 Å². The van der Waals surface area contributed by atoms with Crippen molar-refractivity contribution in [2.75, 3.05) is 13.1 Å². The van der Waals surface area contributed by atoms with Crippen LogP contribution in [0.4, 0.5) is 4.39 Å². The van der Waals surface area contributed by atoms with Crippen LogP contribution in [-0.2, 0) is 10.0 Å². The molecule has 0 aliphatic heterocycles. The van der Waals surface area contributed by atoms with Gasteiger partial charge in [-0.3, -0.25) is 0 Å². The number of halogens is 2. The van der Waals surface area contributed by atoms with E-state index in [9.17, 15) is 12.8 Å². The molecule has 3 N–H and O–H groups in total. The lowest BCUT2D eigenvalue weighted by Crippen LogP contribution is -2.30. The summed E-state index contributed by atoms with van der Waals surface area (Å²) in [5, 5.41) is -0.153. The van der Waals surface area contributed by atoms with Crippen molar-refractivity contribution in [3.05, 3.63) is 29.0 Å². The summed E-state index contributed by atoms with van der Waals surface area (Å²) in [7, 11) is -3.92. The number of benzene rings is 1. The van der Waals surface area contributed by atoms with E-state index in [1.807, 2.05) is 0 Å². The minimum Gasteiger partial charge on any atom is -0.329 e. The molecule has 0 spiro atoms. The summed E-state index contributed by atoms with van der Waals surface area (Å²) >= 11 is 5.60. The Morgan fingerprint density at radius 1 is 1.47 bits per heavy atom. The fourth-order valence-electron chi connectivity index (χ4n) is 1.00. The van der Waals surface area contributed by atoms with Crippen LogP contribution < -0.4 is 10.5 Å². The fraction of sp³-hybridized carbons (Fsp3) is 0.250. The Morgan fingerprint density at radius 3 is 2.67 bits per heavy atom. The SMILES string of the molecule is NCCNS(=O)(=O)c1c(F)cccc1Cl. The lowest BCUT2D eigenvalue weighted by molar-refractivity contribution is 0.557. The predicted octanol–water partition coefficient (Wildman–Crippen LogP) is 0.716. The standard InChI is InChI=1S/C8H10ClFN2O2S/c9-6-2-1-3-7(10)8(6)15(13,14)12-5-4-11/h1-3,12H,4-5,11H2. The largest absolute Gasteiger partial charge is 0.329 e. The first kappa shape index (κ1) is 12.4. The molecule has 1 aromatic rings. The molecule has 0 aliphatic carbocycles. The summed E-state index contributed by atoms with van der Waals surface area (Å²) in [5.41, 5.74) is 5.14. The summed E-state index contributed by atoms with van der Waals surface area (Å²) in [4.78, 5) is -0.542. The highest BCUT2D eigenvalue weighted by Crippen LogP contribution is 2.23. The quantitative estimate of drug-likeness (QED) is 0.829. The number of nitrogens with one attached hydrogen (secondary N) is 1. The van der Waals surface area contributed by atoms with Gasteiger partial charge in [-0.15, -0.1) is 0 Å². The van der Waals surface area contributed by atoms with Crippen LogP contribution in [0.5, 0.6) is 0 Å². The van der Waals surface area contributed by atoms with Gasteiger partial charge in [0.05, 0.1) is 5.02 Å². The third-order valence-corrected chi connectivity index (χ3v) is 3.59. The second kappa shape index (κ2) is 4.89. The van der Waals surface area contributed by atoms with E-state index in [0.29, 0.717) is 0 Å². The zero-order valence-electron chi connectivity index (χ0n) is 7.70. The van der Waals surface area contributed by atoms with Crippen LogP contribution in [0, 0.1) is 5.82 Å². The van der Waals surface area contributed by atoms with E-state index in [4.69, 9.17) is 17.3 Å². The van der Waals surface area contributed by atoms with Crippen LogP contribution in [0.3, 0.4) is 0 Å². The zero-order chi connectivity index (χ0) is 11.5. The van der Waals surface area contributed by atoms with Crippen molar-refractivity contribution in [1.82, 2.24) is 4.72 Å². The van der Waals surface area contributed by atoms with Crippen molar-refractivity contribution in [2.24, 2.45) is 5.73 Å². The van der Waals surface area contributed by atoms with E-state index in [0.717, 1.165) is 6.07 Å². The van der Waals surface area contributed by atoms with E-state index >= 15 is 0 Å². The molecule has 0 saturated carbocycles. The normalized spacial score (nSPS) is 11.7. The number of nitrogens with two attached hydrogens (primary N) is 1. The first-order valence-corrected chi connectivity index (χ1v) is 5.99. The fourth-order valence-corrected chi connectivity index (χ4v) is 2.65. The van der Waals surface area contributed by atoms with Gasteiger partial charge >= 0.3 is 0 Å². The van der Waals surface area contributed by atoms with Gasteiger partial charge in [-0.05, 0) is 12.1 Å². The average molecular weight is 253 g/mol. The molecule has 0 aliphatic rings. The molecule has 0 amide bonds. The summed E-state index contributed by atoms with van der Waals surface area (Å²) in [5.74, 6) is -0.882. The van der Waals surface area contributed by atoms with Crippen LogP contribution in [-0.4, -0.2) is 21.5 Å². The van der Waals surface area contributed by atoms with E-state index < -0.39 is 20.7 Å². The maximum absolute atomic E-state index is 13.2. The molecule has 0 bridgehead atoms. The first-order chi connectivity index (χ1) is 6.99. The molecule has 0 fully saturated rings. The van der Waals surface area contributed by atoms with E-state index in [-0.39, 0.29) is 18.1 Å². The van der Waals surface area contributed by atoms with Crippen molar-refractivity contribution in [1.29, 1.82) is 0 Å². The van der Waals surface area contributed by atoms with E-state index in [2.05, 4.69) is 4.72 Å². The lowest BCUT2D eigenvalue weighted by Gasteiger charge is -2.07. The van der Waals surface area contributed by atoms with Crippen LogP contribution in [0.15, 0.2) is 23.1 Å². The second-order valence-corrected chi connectivity index (χ2v) is 4.85. The monoisotopic (exact) mass is 252 g/mol. The van der Waals surface area contributed by atoms with Crippen molar-refractivity contribution < 1.29 is 12.8 Å². The number of hydrogen-bond donors (Lipinski definition) is 2. The van der Waals surface area contributed by atoms with Gasteiger partial charge in [0.25, 0.3) is 0 Å². The molecule has 0 unspecified atom stereocenters. The summed E-state index contributed by atoms with van der Waals surface area (Å²) in [6.45, 7) is 0.165. The number of sulfonamides is 1. The van der Waals surface area contributed by atoms with Crippen molar-refractivity contribution in [3.63, 3.8) is 0 Å². The molecule has 0 saturated heterocycles. The Hall–Kier alpha value is -0.690. The summed E-state index contributed by atoms with van der Waals surface area (Å²) in [6.07, 6.45) is 0. The first-order valence-electron chi connectivity index (χ1n) is 4.13. The molecule has 15 heavy (non-hydrogen) atoms. The van der Waals surface area contributed by atoms with E-state index in [1.54, 1.807) is 0 Å². The summed E-state index contributed by atoms with van der Waals surface area (Å²) in [6, 6.07) is 3.67. The smallest absolute Gasteiger partial charge is 0.245 e. The van der Waals surface area contributed by atoms with Crippen LogP contribution >= 0.6 is 11.6 Å². The molecule has 84 valence electrons. The summed E-state index contributed by atoms with van der Waals surface area (Å²) < 4.78 is 38.5. The van der Waals surface area contributed by atoms with Crippen molar-refractivity contribution in [2.45, 2.75) is 4.90 Å². The van der Waals surface area contributed by atoms with Gasteiger partial charge in [-0.1, -0.05) is 17.7 Å². The Labute approximate surface area is 92.3 Å². The molecule has 7 heteroatoms. The molecule has 1 aromatic carbocycles. The third-order valence-electron chi connectivity index (χ3n) is 1.62. The second-order valence-electron chi connectivity index (χ2n) is 2.74. The molecule has 1 rings (SSSR count). The topological polar surface area (TPSA) is 72.2 Å². The van der Waals surface area contributed by atoms with Gasteiger partial charge in [0.1, 0.15) is 10.7 Å². The molecular formula is C8H10ClFN2O2S. The Kier molecular flexibility index (Phi) is 4.04. The average Bonchev–Trinajstić information content (AvgIpc) is 2.14. The number of rotatable bonds is 4. The molecule has 0 radical (unpaired) electrons. The lowest BCUT2D eigenvalue weighted by atomic mass is 10.3. The Balaban J connectivity index is 3.15. The van der Waals surface area contributed by atoms with Gasteiger partial charge in [0.15, 0.2) is 0 Å². The Bertz CT molecular complexity index is 430. The molecule has 4 nitrogen and oxygen atoms in total. The van der Waals surface area contributed by atoms with Crippen molar-refractivity contribution in [3.8, 4) is 0 Å². The van der Waals surface area contributed by atoms with Crippen LogP contribution in [0.1, 0.15) is 0 Å². The predicted molar refractivity (Wildman–Crippen MR) is 55.7 cm³/mol. The third kappa shape index (κ3) is 2.88. The maximum atomic E-state index is 13.2. The number of hydrogen-bond acceptors (Lipinski definition) is 3. The molecule has 0 atom stereocenters. The minimum atomic E-state index is -3.92. The highest BCUT2D eigenvalue weighted by Gasteiger charge is 2.21. The van der Waals surface area contributed by atoms with Gasteiger partial charge in [0.2, 0.25) is 10.0 Å². The molecule has 0 heterocycles. The minimum absolute atomic E-state index is 0.0347. The zero-order valence-corrected chi connectivity index (χ0v) is 9.28. The van der Waals surface area contributed by atoms with E-state index in [1.165, 1.54) is 12.1 Å². The maximum Gasteiger partial charge on any atom is 0.245 e. The highest BCUT2D eigenvalue weighted by molar-refractivity contribution is 7.89. The highest BCUT2D eigenvalue weighted by atomic mass is 35.5.